The first-order valence-electron chi connectivity index (χ1n) is 5.93. The van der Waals surface area contributed by atoms with E-state index in [1.54, 1.807) is 0 Å². The van der Waals surface area contributed by atoms with Crippen molar-refractivity contribution >= 4 is 5.65 Å². The van der Waals surface area contributed by atoms with E-state index in [1.807, 2.05) is 18.5 Å². The summed E-state index contributed by atoms with van der Waals surface area (Å²) in [4.78, 5) is 4.29. The Morgan fingerprint density at radius 1 is 1.44 bits per heavy atom. The summed E-state index contributed by atoms with van der Waals surface area (Å²) in [6.07, 6.45) is 7.83. The molecule has 1 aliphatic rings. The van der Waals surface area contributed by atoms with Crippen LogP contribution in [-0.4, -0.2) is 14.9 Å². The van der Waals surface area contributed by atoms with Gasteiger partial charge in [-0.15, -0.1) is 0 Å². The molecule has 0 unspecified atom stereocenters. The van der Waals surface area contributed by atoms with Gasteiger partial charge in [0.15, 0.2) is 0 Å². The molecule has 2 aromatic rings. The first-order chi connectivity index (χ1) is 7.77. The van der Waals surface area contributed by atoms with E-state index in [0.717, 1.165) is 12.2 Å². The van der Waals surface area contributed by atoms with E-state index in [0.29, 0.717) is 5.54 Å². The first-order valence-corrected chi connectivity index (χ1v) is 5.93. The molecule has 0 aromatic carbocycles. The van der Waals surface area contributed by atoms with Gasteiger partial charge in [0.05, 0.1) is 0 Å². The molecule has 1 aliphatic carbocycles. The summed E-state index contributed by atoms with van der Waals surface area (Å²) in [7, 11) is 0. The van der Waals surface area contributed by atoms with Crippen LogP contribution in [0.5, 0.6) is 0 Å². The fourth-order valence-electron chi connectivity index (χ4n) is 2.34. The molecule has 16 heavy (non-hydrogen) atoms. The van der Waals surface area contributed by atoms with Crippen molar-refractivity contribution in [3.8, 4) is 0 Å². The van der Waals surface area contributed by atoms with Gasteiger partial charge in [-0.2, -0.15) is 0 Å². The number of aromatic nitrogens is 2. The number of pyridine rings is 1. The van der Waals surface area contributed by atoms with Crippen LogP contribution in [0.1, 0.15) is 31.9 Å². The van der Waals surface area contributed by atoms with Gasteiger partial charge in [-0.3, -0.25) is 0 Å². The zero-order valence-electron chi connectivity index (χ0n) is 9.61. The minimum absolute atomic E-state index is 0.364. The Balaban J connectivity index is 1.81. The summed E-state index contributed by atoms with van der Waals surface area (Å²) >= 11 is 0. The number of hydrogen-bond acceptors (Lipinski definition) is 2. The van der Waals surface area contributed by atoms with Gasteiger partial charge >= 0.3 is 0 Å². The molecule has 1 N–H and O–H groups in total. The number of nitrogens with zero attached hydrogens (tertiary/aromatic N) is 2. The van der Waals surface area contributed by atoms with E-state index < -0.39 is 0 Å². The lowest BCUT2D eigenvalue weighted by molar-refractivity contribution is 0.206. The minimum Gasteiger partial charge on any atom is -0.306 e. The second-order valence-electron chi connectivity index (χ2n) is 4.94. The largest absolute Gasteiger partial charge is 0.306 e. The predicted octanol–water partition coefficient (Wildman–Crippen LogP) is 2.37. The maximum absolute atomic E-state index is 4.29. The van der Waals surface area contributed by atoms with Crippen LogP contribution in [-0.2, 0) is 6.54 Å². The molecule has 0 spiro atoms. The van der Waals surface area contributed by atoms with Gasteiger partial charge in [-0.25, -0.2) is 4.98 Å². The van der Waals surface area contributed by atoms with Gasteiger partial charge in [0.25, 0.3) is 0 Å². The third-order valence-corrected chi connectivity index (χ3v) is 3.67. The number of hydrogen-bond donors (Lipinski definition) is 1. The Morgan fingerprint density at radius 2 is 2.31 bits per heavy atom. The number of nitrogens with one attached hydrogen (secondary N) is 1. The molecule has 0 amide bonds. The fourth-order valence-corrected chi connectivity index (χ4v) is 2.34. The van der Waals surface area contributed by atoms with Crippen molar-refractivity contribution in [1.82, 2.24) is 14.7 Å². The second-order valence-corrected chi connectivity index (χ2v) is 4.94. The lowest BCUT2D eigenvalue weighted by Gasteiger charge is -2.39. The third-order valence-electron chi connectivity index (χ3n) is 3.67. The lowest BCUT2D eigenvalue weighted by atomic mass is 9.78. The van der Waals surface area contributed by atoms with Crippen molar-refractivity contribution in [3.05, 3.63) is 36.3 Å². The highest BCUT2D eigenvalue weighted by atomic mass is 15.0. The molecule has 1 saturated carbocycles. The molecular formula is C13H17N3. The van der Waals surface area contributed by atoms with Gasteiger partial charge < -0.3 is 9.72 Å². The van der Waals surface area contributed by atoms with Crippen LogP contribution in [0.4, 0.5) is 0 Å². The summed E-state index contributed by atoms with van der Waals surface area (Å²) in [5.41, 5.74) is 2.67. The molecule has 0 aliphatic heterocycles. The van der Waals surface area contributed by atoms with Crippen molar-refractivity contribution < 1.29 is 0 Å². The molecule has 3 heteroatoms. The van der Waals surface area contributed by atoms with E-state index in [9.17, 15) is 0 Å². The average molecular weight is 215 g/mol. The Morgan fingerprint density at radius 3 is 3.06 bits per heavy atom. The van der Waals surface area contributed by atoms with E-state index in [-0.39, 0.29) is 0 Å². The van der Waals surface area contributed by atoms with Crippen molar-refractivity contribution in [1.29, 1.82) is 0 Å². The topological polar surface area (TPSA) is 29.3 Å². The normalized spacial score (nSPS) is 18.6. The highest BCUT2D eigenvalue weighted by molar-refractivity contribution is 5.39. The standard InChI is InChI=1S/C13H17N3/c1-13(6-3-7-13)15-10-11-4-2-5-12-14-8-9-16(11)12/h2,4-5,8-9,15H,3,6-7,10H2,1H3. The molecule has 2 aromatic heterocycles. The Kier molecular flexibility index (Phi) is 2.21. The summed E-state index contributed by atoms with van der Waals surface area (Å²) in [5, 5.41) is 3.65. The molecule has 3 rings (SSSR count). The Labute approximate surface area is 95.5 Å². The maximum Gasteiger partial charge on any atom is 0.136 e. The molecule has 3 nitrogen and oxygen atoms in total. The Hall–Kier alpha value is -1.35. The van der Waals surface area contributed by atoms with Crippen LogP contribution in [0.15, 0.2) is 30.6 Å². The van der Waals surface area contributed by atoms with E-state index in [4.69, 9.17) is 0 Å². The molecule has 1 fully saturated rings. The molecule has 0 atom stereocenters. The van der Waals surface area contributed by atoms with Gasteiger partial charge in [0.1, 0.15) is 5.65 Å². The van der Waals surface area contributed by atoms with E-state index in [2.05, 4.69) is 33.8 Å². The van der Waals surface area contributed by atoms with E-state index >= 15 is 0 Å². The molecule has 2 heterocycles. The van der Waals surface area contributed by atoms with Crippen molar-refractivity contribution in [2.24, 2.45) is 0 Å². The zero-order chi connectivity index (χ0) is 11.0. The molecular weight excluding hydrogens is 198 g/mol. The molecule has 84 valence electrons. The minimum atomic E-state index is 0.364. The molecule has 0 bridgehead atoms. The van der Waals surface area contributed by atoms with Crippen LogP contribution in [0, 0.1) is 0 Å². The van der Waals surface area contributed by atoms with Crippen molar-refractivity contribution in [2.75, 3.05) is 0 Å². The fraction of sp³-hybridized carbons (Fsp3) is 0.462. The zero-order valence-corrected chi connectivity index (χ0v) is 9.61. The monoisotopic (exact) mass is 215 g/mol. The van der Waals surface area contributed by atoms with Crippen LogP contribution >= 0.6 is 0 Å². The van der Waals surface area contributed by atoms with Crippen LogP contribution in [0.3, 0.4) is 0 Å². The van der Waals surface area contributed by atoms with Crippen LogP contribution in [0.25, 0.3) is 5.65 Å². The first kappa shape index (κ1) is 9.85. The lowest BCUT2D eigenvalue weighted by Crippen LogP contribution is -2.47. The van der Waals surface area contributed by atoms with Crippen molar-refractivity contribution in [3.63, 3.8) is 0 Å². The third kappa shape index (κ3) is 1.61. The van der Waals surface area contributed by atoms with Gasteiger partial charge in [-0.05, 0) is 38.3 Å². The highest BCUT2D eigenvalue weighted by Crippen LogP contribution is 2.31. The van der Waals surface area contributed by atoms with Gasteiger partial charge in [0, 0.05) is 30.2 Å². The summed E-state index contributed by atoms with van der Waals surface area (Å²) < 4.78 is 2.15. The predicted molar refractivity (Wildman–Crippen MR) is 64.3 cm³/mol. The molecule has 0 saturated heterocycles. The summed E-state index contributed by atoms with van der Waals surface area (Å²) in [6, 6.07) is 6.26. The number of imidazole rings is 1. The van der Waals surface area contributed by atoms with Crippen LogP contribution in [0.2, 0.25) is 0 Å². The quantitative estimate of drug-likeness (QED) is 0.851. The SMILES string of the molecule is CC1(NCc2cccc3nccn23)CCC1. The summed E-state index contributed by atoms with van der Waals surface area (Å²) in [5.74, 6) is 0. The van der Waals surface area contributed by atoms with E-state index in [1.165, 1.54) is 25.0 Å². The summed E-state index contributed by atoms with van der Waals surface area (Å²) in [6.45, 7) is 3.23. The second kappa shape index (κ2) is 3.59. The van der Waals surface area contributed by atoms with Crippen molar-refractivity contribution in [2.45, 2.75) is 38.3 Å². The highest BCUT2D eigenvalue weighted by Gasteiger charge is 2.30. The molecule has 0 radical (unpaired) electrons. The Bertz CT molecular complexity index is 497. The number of rotatable bonds is 3. The average Bonchev–Trinajstić information content (AvgIpc) is 2.72. The smallest absolute Gasteiger partial charge is 0.136 e. The van der Waals surface area contributed by atoms with Gasteiger partial charge in [-0.1, -0.05) is 6.07 Å². The maximum atomic E-state index is 4.29. The number of fused-ring (bicyclic) bond motifs is 1. The van der Waals surface area contributed by atoms with Gasteiger partial charge in [0.2, 0.25) is 0 Å². The van der Waals surface area contributed by atoms with Crippen LogP contribution < -0.4 is 5.32 Å².